The van der Waals surface area contributed by atoms with Gasteiger partial charge in [0.05, 0.1) is 6.04 Å². The van der Waals surface area contributed by atoms with E-state index in [-0.39, 0.29) is 17.9 Å². The monoisotopic (exact) mass is 301 g/mol. The summed E-state index contributed by atoms with van der Waals surface area (Å²) >= 11 is 0. The molecule has 1 aromatic rings. The second-order valence-electron chi connectivity index (χ2n) is 6.14. The normalized spacial score (nSPS) is 21.5. The van der Waals surface area contributed by atoms with Gasteiger partial charge in [-0.1, -0.05) is 25.0 Å². The highest BCUT2D eigenvalue weighted by Crippen LogP contribution is 2.26. The predicted octanol–water partition coefficient (Wildman–Crippen LogP) is 2.46. The molecule has 118 valence electrons. The highest BCUT2D eigenvalue weighted by molar-refractivity contribution is 5.92. The molecule has 3 N–H and O–H groups in total. The van der Waals surface area contributed by atoms with Gasteiger partial charge in [-0.05, 0) is 43.4 Å². The lowest BCUT2D eigenvalue weighted by Gasteiger charge is -2.11. The maximum Gasteiger partial charge on any atom is 0.282 e. The molecule has 22 heavy (non-hydrogen) atoms. The van der Waals surface area contributed by atoms with Crippen LogP contribution in [-0.2, 0) is 16.0 Å². The van der Waals surface area contributed by atoms with Crippen LogP contribution >= 0.6 is 0 Å². The first kappa shape index (κ1) is 14.9. The summed E-state index contributed by atoms with van der Waals surface area (Å²) in [6.45, 7) is 0.585. The van der Waals surface area contributed by atoms with Crippen molar-refractivity contribution in [3.63, 3.8) is 0 Å². The standard InChI is InChI=1S/C17H23N3O2/c18-17-20-15(11-22-17)10-7-12-5-8-14(9-6-12)19-16(21)13-3-1-2-4-13/h5-6,8-9,13,15H,1-4,7,10-11H2,(H2,18,20)(H,19,21). The van der Waals surface area contributed by atoms with Crippen LogP contribution in [0, 0.1) is 5.92 Å². The van der Waals surface area contributed by atoms with Crippen LogP contribution in [0.2, 0.25) is 0 Å². The Labute approximate surface area is 130 Å². The summed E-state index contributed by atoms with van der Waals surface area (Å²) in [7, 11) is 0. The fraction of sp³-hybridized carbons (Fsp3) is 0.529. The number of anilines is 1. The van der Waals surface area contributed by atoms with E-state index in [0.717, 1.165) is 31.4 Å². The summed E-state index contributed by atoms with van der Waals surface area (Å²) in [6.07, 6.45) is 6.26. The van der Waals surface area contributed by atoms with Gasteiger partial charge in [-0.3, -0.25) is 4.79 Å². The first-order valence-corrected chi connectivity index (χ1v) is 8.06. The van der Waals surface area contributed by atoms with Gasteiger partial charge in [0.2, 0.25) is 5.91 Å². The van der Waals surface area contributed by atoms with E-state index in [9.17, 15) is 4.79 Å². The Hall–Kier alpha value is -2.04. The summed E-state index contributed by atoms with van der Waals surface area (Å²) in [5.74, 6) is 0.364. The average Bonchev–Trinajstić information content (AvgIpc) is 3.18. The van der Waals surface area contributed by atoms with E-state index in [1.54, 1.807) is 0 Å². The molecule has 1 aliphatic heterocycles. The second kappa shape index (κ2) is 6.81. The lowest BCUT2D eigenvalue weighted by Crippen LogP contribution is -2.20. The van der Waals surface area contributed by atoms with Gasteiger partial charge in [-0.15, -0.1) is 0 Å². The van der Waals surface area contributed by atoms with Crippen molar-refractivity contribution in [2.24, 2.45) is 16.6 Å². The van der Waals surface area contributed by atoms with Crippen molar-refractivity contribution in [1.82, 2.24) is 0 Å². The van der Waals surface area contributed by atoms with Crippen LogP contribution in [0.5, 0.6) is 0 Å². The lowest BCUT2D eigenvalue weighted by molar-refractivity contribution is -0.119. The number of aliphatic imine (C=N–C) groups is 1. The summed E-state index contributed by atoms with van der Waals surface area (Å²) in [4.78, 5) is 16.3. The molecule has 0 saturated heterocycles. The SMILES string of the molecule is NC1=NC(CCc2ccc(NC(=O)C3CCCC3)cc2)CO1. The molecule has 1 amide bonds. The number of benzene rings is 1. The van der Waals surface area contributed by atoms with Crippen LogP contribution in [0.25, 0.3) is 0 Å². The summed E-state index contributed by atoms with van der Waals surface area (Å²) in [5, 5.41) is 3.02. The molecule has 1 aliphatic carbocycles. The molecule has 1 atom stereocenters. The van der Waals surface area contributed by atoms with E-state index in [4.69, 9.17) is 10.5 Å². The predicted molar refractivity (Wildman–Crippen MR) is 86.7 cm³/mol. The number of amidine groups is 1. The number of hydrogen-bond donors (Lipinski definition) is 2. The molecule has 2 aliphatic rings. The molecule has 0 radical (unpaired) electrons. The van der Waals surface area contributed by atoms with E-state index in [1.165, 1.54) is 18.4 Å². The molecule has 5 nitrogen and oxygen atoms in total. The Balaban J connectivity index is 1.48. The van der Waals surface area contributed by atoms with E-state index >= 15 is 0 Å². The number of carbonyl (C=O) groups is 1. The third kappa shape index (κ3) is 3.78. The number of ether oxygens (including phenoxy) is 1. The van der Waals surface area contributed by atoms with Crippen molar-refractivity contribution in [3.8, 4) is 0 Å². The molecule has 1 aromatic carbocycles. The Morgan fingerprint density at radius 3 is 2.64 bits per heavy atom. The van der Waals surface area contributed by atoms with Crippen LogP contribution < -0.4 is 11.1 Å². The zero-order valence-corrected chi connectivity index (χ0v) is 12.8. The zero-order chi connectivity index (χ0) is 15.4. The number of amides is 1. The molecule has 1 saturated carbocycles. The molecular formula is C17H23N3O2. The number of aryl methyl sites for hydroxylation is 1. The molecular weight excluding hydrogens is 278 g/mol. The summed E-state index contributed by atoms with van der Waals surface area (Å²) in [6, 6.07) is 8.55. The number of rotatable bonds is 5. The maximum absolute atomic E-state index is 12.1. The molecule has 0 aromatic heterocycles. The first-order valence-electron chi connectivity index (χ1n) is 8.06. The van der Waals surface area contributed by atoms with Crippen molar-refractivity contribution in [2.45, 2.75) is 44.6 Å². The van der Waals surface area contributed by atoms with E-state index < -0.39 is 0 Å². The number of carbonyl (C=O) groups excluding carboxylic acids is 1. The number of nitrogens with zero attached hydrogens (tertiary/aromatic N) is 1. The van der Waals surface area contributed by atoms with E-state index in [1.807, 2.05) is 12.1 Å². The molecule has 3 rings (SSSR count). The van der Waals surface area contributed by atoms with Crippen LogP contribution in [0.1, 0.15) is 37.7 Å². The minimum Gasteiger partial charge on any atom is -0.463 e. The zero-order valence-electron chi connectivity index (χ0n) is 12.8. The van der Waals surface area contributed by atoms with Crippen molar-refractivity contribution in [3.05, 3.63) is 29.8 Å². The van der Waals surface area contributed by atoms with Crippen molar-refractivity contribution in [1.29, 1.82) is 0 Å². The fourth-order valence-electron chi connectivity index (χ4n) is 3.10. The van der Waals surface area contributed by atoms with Gasteiger partial charge < -0.3 is 15.8 Å². The lowest BCUT2D eigenvalue weighted by atomic mass is 10.1. The Kier molecular flexibility index (Phi) is 4.61. The smallest absolute Gasteiger partial charge is 0.282 e. The Bertz CT molecular complexity index is 548. The molecule has 1 fully saturated rings. The summed E-state index contributed by atoms with van der Waals surface area (Å²) < 4.78 is 5.15. The average molecular weight is 301 g/mol. The van der Waals surface area contributed by atoms with Gasteiger partial charge in [0.25, 0.3) is 6.02 Å². The third-order valence-corrected chi connectivity index (χ3v) is 4.45. The number of hydrogen-bond acceptors (Lipinski definition) is 4. The fourth-order valence-corrected chi connectivity index (χ4v) is 3.10. The largest absolute Gasteiger partial charge is 0.463 e. The van der Waals surface area contributed by atoms with Crippen LogP contribution in [0.4, 0.5) is 5.69 Å². The highest BCUT2D eigenvalue weighted by Gasteiger charge is 2.22. The van der Waals surface area contributed by atoms with E-state index in [2.05, 4.69) is 22.4 Å². The molecule has 0 bridgehead atoms. The first-order chi connectivity index (χ1) is 10.7. The second-order valence-corrected chi connectivity index (χ2v) is 6.14. The van der Waals surface area contributed by atoms with Gasteiger partial charge in [0.1, 0.15) is 6.61 Å². The molecule has 1 unspecified atom stereocenters. The molecule has 0 spiro atoms. The molecule has 5 heteroatoms. The quantitative estimate of drug-likeness (QED) is 0.877. The van der Waals surface area contributed by atoms with Crippen molar-refractivity contribution >= 4 is 17.6 Å². The number of nitrogens with one attached hydrogen (secondary N) is 1. The number of nitrogens with two attached hydrogens (primary N) is 1. The summed E-state index contributed by atoms with van der Waals surface area (Å²) in [5.41, 5.74) is 7.62. The topological polar surface area (TPSA) is 76.7 Å². The van der Waals surface area contributed by atoms with Crippen LogP contribution in [0.3, 0.4) is 0 Å². The van der Waals surface area contributed by atoms with Crippen LogP contribution in [-0.4, -0.2) is 24.6 Å². The Morgan fingerprint density at radius 2 is 2.00 bits per heavy atom. The van der Waals surface area contributed by atoms with Gasteiger partial charge in [0, 0.05) is 11.6 Å². The minimum atomic E-state index is 0.165. The minimum absolute atomic E-state index is 0.165. The van der Waals surface area contributed by atoms with Gasteiger partial charge in [0.15, 0.2) is 0 Å². The van der Waals surface area contributed by atoms with Gasteiger partial charge >= 0.3 is 0 Å². The van der Waals surface area contributed by atoms with Crippen LogP contribution in [0.15, 0.2) is 29.3 Å². The van der Waals surface area contributed by atoms with Crippen molar-refractivity contribution in [2.75, 3.05) is 11.9 Å². The third-order valence-electron chi connectivity index (χ3n) is 4.45. The van der Waals surface area contributed by atoms with Crippen molar-refractivity contribution < 1.29 is 9.53 Å². The van der Waals surface area contributed by atoms with E-state index in [0.29, 0.717) is 12.6 Å². The van der Waals surface area contributed by atoms with Gasteiger partial charge in [-0.2, -0.15) is 0 Å². The van der Waals surface area contributed by atoms with Gasteiger partial charge in [-0.25, -0.2) is 4.99 Å². The Morgan fingerprint density at radius 1 is 1.27 bits per heavy atom. The molecule has 1 heterocycles. The maximum atomic E-state index is 12.1. The highest BCUT2D eigenvalue weighted by atomic mass is 16.5.